The van der Waals surface area contributed by atoms with Gasteiger partial charge in [-0.05, 0) is 25.5 Å². The van der Waals surface area contributed by atoms with Crippen LogP contribution in [-0.2, 0) is 0 Å². The second-order valence-corrected chi connectivity index (χ2v) is 4.44. The molecule has 0 fully saturated rings. The van der Waals surface area contributed by atoms with Crippen LogP contribution in [-0.4, -0.2) is 27.2 Å². The summed E-state index contributed by atoms with van der Waals surface area (Å²) >= 11 is 0. The molecule has 0 aliphatic rings. The summed E-state index contributed by atoms with van der Waals surface area (Å²) < 4.78 is 0.988. The highest BCUT2D eigenvalue weighted by Crippen LogP contribution is 2.24. The zero-order valence-electron chi connectivity index (χ0n) is 11.4. The molecule has 0 radical (unpaired) electrons. The first kappa shape index (κ1) is 14.0. The van der Waals surface area contributed by atoms with Crippen molar-refractivity contribution in [1.82, 2.24) is 9.71 Å². The van der Waals surface area contributed by atoms with Crippen LogP contribution in [0.2, 0.25) is 0 Å². The Kier molecular flexibility index (Phi) is 4.02. The van der Waals surface area contributed by atoms with E-state index < -0.39 is 11.3 Å². The number of fused-ring (bicyclic) bond motifs is 1. The molecule has 0 saturated carbocycles. The van der Waals surface area contributed by atoms with E-state index in [1.807, 2.05) is 6.92 Å². The lowest BCUT2D eigenvalue weighted by atomic mass is 10.1. The molecule has 2 aromatic heterocycles. The normalized spacial score (nSPS) is 10.7. The number of unbranched alkanes of at least 4 members (excludes halogenated alkanes) is 1. The van der Waals surface area contributed by atoms with Gasteiger partial charge in [0.05, 0.1) is 5.39 Å². The minimum absolute atomic E-state index is 0.205. The van der Waals surface area contributed by atoms with Gasteiger partial charge in [0.1, 0.15) is 17.9 Å². The summed E-state index contributed by atoms with van der Waals surface area (Å²) in [6.07, 6.45) is 3.18. The molecule has 0 aliphatic carbocycles. The Morgan fingerprint density at radius 1 is 1.50 bits per heavy atom. The Bertz CT molecular complexity index is 706. The van der Waals surface area contributed by atoms with Gasteiger partial charge in [-0.25, -0.2) is 4.98 Å². The van der Waals surface area contributed by atoms with Crippen molar-refractivity contribution >= 4 is 16.8 Å². The van der Waals surface area contributed by atoms with Gasteiger partial charge >= 0.3 is 0 Å². The van der Waals surface area contributed by atoms with Gasteiger partial charge in [-0.15, -0.1) is 4.73 Å². The summed E-state index contributed by atoms with van der Waals surface area (Å²) in [5.74, 6) is -0.855. The quantitative estimate of drug-likeness (QED) is 0.661. The molecule has 106 valence electrons. The molecule has 0 spiro atoms. The molecule has 0 aromatic carbocycles. The molecule has 0 unspecified atom stereocenters. The van der Waals surface area contributed by atoms with Crippen molar-refractivity contribution < 1.29 is 14.7 Å². The van der Waals surface area contributed by atoms with Crippen LogP contribution in [0.1, 0.15) is 37.0 Å². The second-order valence-electron chi connectivity index (χ2n) is 4.44. The van der Waals surface area contributed by atoms with Crippen molar-refractivity contribution in [3.63, 3.8) is 0 Å². The van der Waals surface area contributed by atoms with Crippen molar-refractivity contribution in [2.75, 3.05) is 6.61 Å². The van der Waals surface area contributed by atoms with E-state index in [2.05, 4.69) is 4.98 Å². The minimum Gasteiger partial charge on any atom is -0.506 e. The van der Waals surface area contributed by atoms with Crippen LogP contribution in [0, 0.1) is 0 Å². The smallest absolute Gasteiger partial charge is 0.299 e. The number of Topliss-reactive ketones (excluding diaryl/α,β-unsaturated/α-hetero) is 1. The molecule has 2 rings (SSSR count). The van der Waals surface area contributed by atoms with E-state index in [0.717, 1.165) is 17.6 Å². The number of ketones is 1. The van der Waals surface area contributed by atoms with Crippen LogP contribution < -0.4 is 10.4 Å². The Morgan fingerprint density at radius 2 is 2.25 bits per heavy atom. The average Bonchev–Trinajstić information content (AvgIpc) is 2.42. The molecule has 2 heterocycles. The Hall–Kier alpha value is -2.37. The Labute approximate surface area is 115 Å². The van der Waals surface area contributed by atoms with Crippen LogP contribution in [0.15, 0.2) is 23.1 Å². The van der Waals surface area contributed by atoms with Gasteiger partial charge in [-0.1, -0.05) is 13.3 Å². The molecule has 0 aliphatic heterocycles. The average molecular weight is 276 g/mol. The number of rotatable bonds is 5. The molecule has 0 atom stereocenters. The lowest BCUT2D eigenvalue weighted by Crippen LogP contribution is -2.32. The first-order valence-electron chi connectivity index (χ1n) is 6.44. The van der Waals surface area contributed by atoms with Crippen LogP contribution in [0.5, 0.6) is 5.75 Å². The predicted octanol–water partition coefficient (Wildman–Crippen LogP) is 1.53. The largest absolute Gasteiger partial charge is 0.506 e. The molecule has 6 nitrogen and oxygen atoms in total. The van der Waals surface area contributed by atoms with Gasteiger partial charge in [0, 0.05) is 6.20 Å². The van der Waals surface area contributed by atoms with E-state index in [4.69, 9.17) is 4.84 Å². The number of hydrogen-bond acceptors (Lipinski definition) is 5. The number of aromatic hydroxyl groups is 1. The van der Waals surface area contributed by atoms with E-state index in [9.17, 15) is 14.7 Å². The maximum Gasteiger partial charge on any atom is 0.299 e. The molecule has 6 heteroatoms. The molecule has 2 aromatic rings. The summed E-state index contributed by atoms with van der Waals surface area (Å²) in [6.45, 7) is 3.57. The van der Waals surface area contributed by atoms with E-state index in [0.29, 0.717) is 12.0 Å². The number of carbonyl (C=O) groups is 1. The van der Waals surface area contributed by atoms with Gasteiger partial charge in [0.2, 0.25) is 0 Å². The van der Waals surface area contributed by atoms with Gasteiger partial charge in [-0.3, -0.25) is 9.59 Å². The maximum absolute atomic E-state index is 12.3. The highest BCUT2D eigenvalue weighted by Gasteiger charge is 2.20. The van der Waals surface area contributed by atoms with Gasteiger partial charge < -0.3 is 9.94 Å². The predicted molar refractivity (Wildman–Crippen MR) is 74.0 cm³/mol. The fourth-order valence-corrected chi connectivity index (χ4v) is 1.91. The van der Waals surface area contributed by atoms with Crippen molar-refractivity contribution in [3.8, 4) is 5.75 Å². The fraction of sp³-hybridized carbons (Fsp3) is 0.357. The van der Waals surface area contributed by atoms with Gasteiger partial charge in [0.25, 0.3) is 5.56 Å². The Morgan fingerprint density at radius 3 is 2.90 bits per heavy atom. The summed E-state index contributed by atoms with van der Waals surface area (Å²) in [5, 5.41) is 10.4. The van der Waals surface area contributed by atoms with Crippen LogP contribution in [0.4, 0.5) is 0 Å². The van der Waals surface area contributed by atoms with Crippen LogP contribution in [0.3, 0.4) is 0 Å². The third-order valence-corrected chi connectivity index (χ3v) is 2.94. The van der Waals surface area contributed by atoms with Crippen molar-refractivity contribution in [1.29, 1.82) is 0 Å². The molecule has 20 heavy (non-hydrogen) atoms. The van der Waals surface area contributed by atoms with Gasteiger partial charge in [0.15, 0.2) is 11.4 Å². The summed E-state index contributed by atoms with van der Waals surface area (Å²) in [4.78, 5) is 33.3. The van der Waals surface area contributed by atoms with Gasteiger partial charge in [-0.2, -0.15) is 0 Å². The molecular weight excluding hydrogens is 260 g/mol. The maximum atomic E-state index is 12.3. The first-order valence-corrected chi connectivity index (χ1v) is 6.44. The number of carbonyl (C=O) groups excluding carboxylic acids is 1. The number of aromatic nitrogens is 2. The van der Waals surface area contributed by atoms with Crippen molar-refractivity contribution in [2.45, 2.75) is 26.7 Å². The SMILES string of the molecule is CCCCOn1c(=O)c(C(C)=O)c(O)c2cccnc21. The van der Waals surface area contributed by atoms with Crippen molar-refractivity contribution in [3.05, 3.63) is 34.2 Å². The molecule has 0 bridgehead atoms. The standard InChI is InChI=1S/C14H16N2O4/c1-3-4-8-20-16-13-10(6-5-7-15-13)12(18)11(9(2)17)14(16)19/h5-7,18H,3-4,8H2,1-2H3. The Balaban J connectivity index is 2.70. The monoisotopic (exact) mass is 276 g/mol. The van der Waals surface area contributed by atoms with E-state index in [-0.39, 0.29) is 17.0 Å². The molecule has 0 saturated heterocycles. The van der Waals surface area contributed by atoms with E-state index >= 15 is 0 Å². The third kappa shape index (κ3) is 2.36. The zero-order chi connectivity index (χ0) is 14.7. The van der Waals surface area contributed by atoms with Crippen LogP contribution in [0.25, 0.3) is 11.0 Å². The zero-order valence-corrected chi connectivity index (χ0v) is 11.4. The van der Waals surface area contributed by atoms with Crippen LogP contribution >= 0.6 is 0 Å². The number of hydrogen-bond donors (Lipinski definition) is 1. The van der Waals surface area contributed by atoms with E-state index in [1.165, 1.54) is 13.1 Å². The lowest BCUT2D eigenvalue weighted by Gasteiger charge is -2.13. The van der Waals surface area contributed by atoms with E-state index in [1.54, 1.807) is 12.1 Å². The third-order valence-electron chi connectivity index (χ3n) is 2.94. The summed E-state index contributed by atoms with van der Waals surface area (Å²) in [7, 11) is 0. The molecular formula is C14H16N2O4. The second kappa shape index (κ2) is 5.73. The highest BCUT2D eigenvalue weighted by atomic mass is 16.7. The number of nitrogens with zero attached hydrogens (tertiary/aromatic N) is 2. The van der Waals surface area contributed by atoms with Crippen molar-refractivity contribution in [2.24, 2.45) is 0 Å². The fourth-order valence-electron chi connectivity index (χ4n) is 1.91. The molecule has 0 amide bonds. The topological polar surface area (TPSA) is 81.4 Å². The first-order chi connectivity index (χ1) is 9.57. The summed E-state index contributed by atoms with van der Waals surface area (Å²) in [5.41, 5.74) is -0.754. The highest BCUT2D eigenvalue weighted by molar-refractivity contribution is 6.01. The minimum atomic E-state index is -0.683. The summed E-state index contributed by atoms with van der Waals surface area (Å²) in [6, 6.07) is 3.20. The molecule has 1 N–H and O–H groups in total. The number of pyridine rings is 2. The lowest BCUT2D eigenvalue weighted by molar-refractivity contribution is 0.0968.